The highest BCUT2D eigenvalue weighted by molar-refractivity contribution is 6.06. The maximum Gasteiger partial charge on any atom is 0.273 e. The maximum absolute atomic E-state index is 13.8. The van der Waals surface area contributed by atoms with E-state index >= 15 is 0 Å². The summed E-state index contributed by atoms with van der Waals surface area (Å²) in [5.41, 5.74) is 4.13. The molecule has 2 unspecified atom stereocenters. The van der Waals surface area contributed by atoms with Crippen molar-refractivity contribution in [1.82, 2.24) is 29.5 Å². The summed E-state index contributed by atoms with van der Waals surface area (Å²) < 4.78 is 14.6. The van der Waals surface area contributed by atoms with Gasteiger partial charge in [-0.25, -0.2) is 9.50 Å². The molecule has 0 aliphatic carbocycles. The summed E-state index contributed by atoms with van der Waals surface area (Å²) in [5.74, 6) is -0.519. The number of likely N-dealkylation sites (tertiary alicyclic amines) is 1. The number of carbonyl (C=O) groups is 1. The molecule has 5 rings (SSSR count). The molecule has 0 bridgehead atoms. The highest BCUT2D eigenvalue weighted by Crippen LogP contribution is 2.33. The molecular formula is C28H31FN6O2. The molecule has 3 aromatic heterocycles. The van der Waals surface area contributed by atoms with Gasteiger partial charge in [0.1, 0.15) is 11.3 Å². The second-order valence-corrected chi connectivity index (χ2v) is 11.0. The molecule has 1 aliphatic heterocycles. The Morgan fingerprint density at radius 2 is 1.86 bits per heavy atom. The molecule has 1 aromatic carbocycles. The fraction of sp³-hybridized carbons (Fsp3) is 0.393. The van der Waals surface area contributed by atoms with Crippen LogP contribution in [0.2, 0.25) is 0 Å². The smallest absolute Gasteiger partial charge is 0.273 e. The molecule has 0 saturated carbocycles. The van der Waals surface area contributed by atoms with Gasteiger partial charge in [-0.15, -0.1) is 0 Å². The van der Waals surface area contributed by atoms with Gasteiger partial charge < -0.3 is 4.90 Å². The van der Waals surface area contributed by atoms with Gasteiger partial charge in [0.15, 0.2) is 5.65 Å². The molecule has 1 amide bonds. The van der Waals surface area contributed by atoms with Crippen LogP contribution in [0.3, 0.4) is 0 Å². The van der Waals surface area contributed by atoms with Crippen LogP contribution in [-0.4, -0.2) is 54.6 Å². The average molecular weight is 503 g/mol. The normalized spacial score (nSPS) is 17.7. The second kappa shape index (κ2) is 9.21. The molecule has 4 aromatic rings. The number of hydrogen-bond acceptors (Lipinski definition) is 5. The third-order valence-electron chi connectivity index (χ3n) is 7.00. The molecule has 0 radical (unpaired) electrons. The molecule has 37 heavy (non-hydrogen) atoms. The van der Waals surface area contributed by atoms with E-state index in [1.165, 1.54) is 22.3 Å². The Morgan fingerprint density at radius 1 is 1.16 bits per heavy atom. The van der Waals surface area contributed by atoms with Gasteiger partial charge in [0.05, 0.1) is 23.8 Å². The van der Waals surface area contributed by atoms with E-state index in [0.29, 0.717) is 29.3 Å². The Morgan fingerprint density at radius 3 is 2.49 bits per heavy atom. The Kier molecular flexibility index (Phi) is 6.17. The zero-order valence-electron chi connectivity index (χ0n) is 21.7. The summed E-state index contributed by atoms with van der Waals surface area (Å²) in [4.78, 5) is 42.1. The highest BCUT2D eigenvalue weighted by Gasteiger charge is 2.41. The van der Waals surface area contributed by atoms with Gasteiger partial charge in [-0.1, -0.05) is 45.0 Å². The Hall–Kier alpha value is -3.88. The zero-order valence-corrected chi connectivity index (χ0v) is 21.7. The van der Waals surface area contributed by atoms with Crippen LogP contribution in [0.1, 0.15) is 49.3 Å². The van der Waals surface area contributed by atoms with Crippen LogP contribution in [0.4, 0.5) is 4.39 Å². The molecule has 8 nitrogen and oxygen atoms in total. The number of alkyl halides is 1. The number of halogens is 1. The number of H-pyrrole nitrogens is 1. The van der Waals surface area contributed by atoms with Gasteiger partial charge in [-0.3, -0.25) is 29.0 Å². The number of aryl methyl sites for hydroxylation is 1. The van der Waals surface area contributed by atoms with Gasteiger partial charge in [0.2, 0.25) is 0 Å². The van der Waals surface area contributed by atoms with E-state index in [0.717, 1.165) is 12.0 Å². The first-order valence-electron chi connectivity index (χ1n) is 12.5. The topological polar surface area (TPSA) is 96.2 Å². The van der Waals surface area contributed by atoms with E-state index in [-0.39, 0.29) is 40.1 Å². The summed E-state index contributed by atoms with van der Waals surface area (Å²) in [6.45, 7) is 10.0. The van der Waals surface area contributed by atoms with E-state index in [9.17, 15) is 14.0 Å². The number of aromatic nitrogens is 5. The van der Waals surface area contributed by atoms with Crippen molar-refractivity contribution in [2.45, 2.75) is 47.1 Å². The predicted molar refractivity (Wildman–Crippen MR) is 140 cm³/mol. The summed E-state index contributed by atoms with van der Waals surface area (Å²) >= 11 is 0. The number of benzene rings is 1. The Balaban J connectivity index is 1.65. The van der Waals surface area contributed by atoms with E-state index in [1.54, 1.807) is 18.0 Å². The number of amides is 1. The Labute approximate surface area is 214 Å². The third-order valence-corrected chi connectivity index (χ3v) is 7.00. The monoisotopic (exact) mass is 502 g/mol. The molecule has 1 N–H and O–H groups in total. The van der Waals surface area contributed by atoms with Gasteiger partial charge in [-0.2, -0.15) is 0 Å². The number of aromatic amines is 1. The van der Waals surface area contributed by atoms with E-state index in [2.05, 4.69) is 35.8 Å². The van der Waals surface area contributed by atoms with Crippen molar-refractivity contribution in [3.63, 3.8) is 0 Å². The fourth-order valence-corrected chi connectivity index (χ4v) is 4.90. The number of nitrogens with zero attached hydrogens (tertiary/aromatic N) is 5. The van der Waals surface area contributed by atoms with E-state index < -0.39 is 6.67 Å². The summed E-state index contributed by atoms with van der Waals surface area (Å²) in [7, 11) is 0. The largest absolute Gasteiger partial charge is 0.335 e. The molecule has 4 heterocycles. The molecule has 2 atom stereocenters. The summed E-state index contributed by atoms with van der Waals surface area (Å²) in [6, 6.07) is 9.18. The van der Waals surface area contributed by atoms with Gasteiger partial charge in [-0.05, 0) is 31.2 Å². The maximum atomic E-state index is 13.8. The lowest BCUT2D eigenvalue weighted by molar-refractivity contribution is 0.0142. The number of fused-ring (bicyclic) bond motifs is 1. The van der Waals surface area contributed by atoms with E-state index in [4.69, 9.17) is 4.98 Å². The van der Waals surface area contributed by atoms with Crippen molar-refractivity contribution >= 4 is 11.6 Å². The van der Waals surface area contributed by atoms with Gasteiger partial charge in [0.25, 0.3) is 11.5 Å². The van der Waals surface area contributed by atoms with Gasteiger partial charge >= 0.3 is 0 Å². The number of rotatable bonds is 5. The third kappa shape index (κ3) is 4.54. The molecular weight excluding hydrogens is 471 g/mol. The van der Waals surface area contributed by atoms with Crippen LogP contribution >= 0.6 is 0 Å². The van der Waals surface area contributed by atoms with Crippen LogP contribution in [0, 0.1) is 18.3 Å². The molecule has 9 heteroatoms. The lowest BCUT2D eigenvalue weighted by Crippen LogP contribution is -2.58. The average Bonchev–Trinajstić information content (AvgIpc) is 3.23. The first kappa shape index (κ1) is 24.8. The number of nitrogens with one attached hydrogen (secondary N) is 1. The predicted octanol–water partition coefficient (Wildman–Crippen LogP) is 4.47. The van der Waals surface area contributed by atoms with E-state index in [1.807, 2.05) is 31.2 Å². The van der Waals surface area contributed by atoms with Crippen molar-refractivity contribution in [1.29, 1.82) is 0 Å². The second-order valence-electron chi connectivity index (χ2n) is 11.0. The van der Waals surface area contributed by atoms with Crippen LogP contribution in [0.5, 0.6) is 0 Å². The first-order valence-corrected chi connectivity index (χ1v) is 12.5. The van der Waals surface area contributed by atoms with Crippen molar-refractivity contribution in [2.24, 2.45) is 11.3 Å². The lowest BCUT2D eigenvalue weighted by Gasteiger charge is -2.45. The van der Waals surface area contributed by atoms with Crippen LogP contribution < -0.4 is 5.56 Å². The quantitative estimate of drug-likeness (QED) is 0.434. The van der Waals surface area contributed by atoms with Crippen LogP contribution in [0.25, 0.3) is 28.3 Å². The van der Waals surface area contributed by atoms with Gasteiger partial charge in [0, 0.05) is 42.5 Å². The Bertz CT molecular complexity index is 1530. The summed E-state index contributed by atoms with van der Waals surface area (Å²) in [5, 5.41) is 3.04. The molecule has 192 valence electrons. The minimum Gasteiger partial charge on any atom is -0.335 e. The zero-order chi connectivity index (χ0) is 26.5. The SMILES string of the molecule is Cc1nccnc1-c1[nH]n2c(=O)cc(-c3ccc(CC(C)(C)C)cc3)nc2c1C(=O)N1CC(CF)C1C. The number of hydrogen-bond donors (Lipinski definition) is 1. The standard InChI is InChI=1S/C28H31FN6O2/c1-16-24(31-11-10-30-16)25-23(27(37)34-15-20(14-29)17(34)2)26-32-21(12-22(36)35(26)33-25)19-8-6-18(7-9-19)13-28(3,4)5/h6-12,17,20,33H,13-15H2,1-5H3. The van der Waals surface area contributed by atoms with Crippen LogP contribution in [0.15, 0.2) is 47.5 Å². The summed E-state index contributed by atoms with van der Waals surface area (Å²) in [6.07, 6.45) is 4.03. The molecule has 1 fully saturated rings. The first-order chi connectivity index (χ1) is 17.6. The molecule has 1 aliphatic rings. The lowest BCUT2D eigenvalue weighted by atomic mass is 9.88. The van der Waals surface area contributed by atoms with Crippen molar-refractivity contribution in [3.05, 3.63) is 69.9 Å². The number of carbonyl (C=O) groups excluding carboxylic acids is 1. The molecule has 1 saturated heterocycles. The van der Waals surface area contributed by atoms with Crippen molar-refractivity contribution in [3.8, 4) is 22.6 Å². The van der Waals surface area contributed by atoms with Crippen molar-refractivity contribution < 1.29 is 9.18 Å². The minimum atomic E-state index is -0.484. The van der Waals surface area contributed by atoms with Crippen molar-refractivity contribution in [2.75, 3.05) is 13.2 Å². The van der Waals surface area contributed by atoms with Crippen LogP contribution in [-0.2, 0) is 6.42 Å². The molecule has 0 spiro atoms. The highest BCUT2D eigenvalue weighted by atomic mass is 19.1. The minimum absolute atomic E-state index is 0.155. The fourth-order valence-electron chi connectivity index (χ4n) is 4.90.